The van der Waals surface area contributed by atoms with Crippen molar-refractivity contribution in [3.63, 3.8) is 0 Å². The second-order valence-electron chi connectivity index (χ2n) is 6.67. The molecule has 3 rings (SSSR count). The van der Waals surface area contributed by atoms with Crippen molar-refractivity contribution in [2.75, 3.05) is 18.5 Å². The first-order valence-corrected chi connectivity index (χ1v) is 9.52. The lowest BCUT2D eigenvalue weighted by atomic mass is 10.1. The fourth-order valence-electron chi connectivity index (χ4n) is 2.82. The number of hydrogen-bond donors (Lipinski definition) is 2. The molecule has 0 saturated carbocycles. The van der Waals surface area contributed by atoms with Gasteiger partial charge in [0.15, 0.2) is 6.61 Å². The monoisotopic (exact) mass is 388 g/mol. The minimum absolute atomic E-state index is 0.100. The summed E-state index contributed by atoms with van der Waals surface area (Å²) in [7, 11) is 0. The molecule has 148 valence electrons. The summed E-state index contributed by atoms with van der Waals surface area (Å²) in [6.45, 7) is 2.40. The van der Waals surface area contributed by atoms with Crippen LogP contribution in [0, 0.1) is 6.92 Å². The van der Waals surface area contributed by atoms with Gasteiger partial charge < -0.3 is 15.4 Å². The molecule has 29 heavy (non-hydrogen) atoms. The Hall–Kier alpha value is -3.60. The van der Waals surface area contributed by atoms with Crippen molar-refractivity contribution < 1.29 is 14.3 Å². The number of anilines is 1. The van der Waals surface area contributed by atoms with Crippen LogP contribution in [0.4, 0.5) is 5.69 Å². The Morgan fingerprint density at radius 3 is 2.28 bits per heavy atom. The highest BCUT2D eigenvalue weighted by Gasteiger charge is 2.08. The van der Waals surface area contributed by atoms with Crippen molar-refractivity contribution in [1.82, 2.24) is 5.32 Å². The lowest BCUT2D eigenvalue weighted by Crippen LogP contribution is -2.25. The molecule has 2 amide bonds. The van der Waals surface area contributed by atoms with E-state index in [0.29, 0.717) is 17.9 Å². The average molecular weight is 388 g/mol. The lowest BCUT2D eigenvalue weighted by Gasteiger charge is -2.10. The summed E-state index contributed by atoms with van der Waals surface area (Å²) in [5, 5.41) is 5.72. The minimum Gasteiger partial charge on any atom is -0.484 e. The SMILES string of the molecule is Cc1ccccc1NC(=O)COc1ccc(C(=O)NCCc2ccccc2)cc1. The van der Waals surface area contributed by atoms with E-state index >= 15 is 0 Å². The maximum absolute atomic E-state index is 12.2. The fraction of sp³-hybridized carbons (Fsp3) is 0.167. The van der Waals surface area contributed by atoms with Gasteiger partial charge >= 0.3 is 0 Å². The number of carbonyl (C=O) groups is 2. The van der Waals surface area contributed by atoms with Crippen molar-refractivity contribution in [3.8, 4) is 5.75 Å². The van der Waals surface area contributed by atoms with Gasteiger partial charge in [-0.3, -0.25) is 9.59 Å². The van der Waals surface area contributed by atoms with Crippen LogP contribution in [-0.2, 0) is 11.2 Å². The molecule has 5 nitrogen and oxygen atoms in total. The third kappa shape index (κ3) is 6.21. The molecule has 0 aliphatic carbocycles. The standard InChI is InChI=1S/C24H24N2O3/c1-18-7-5-6-10-22(18)26-23(27)17-29-21-13-11-20(12-14-21)24(28)25-16-15-19-8-3-2-4-9-19/h2-14H,15-17H2,1H3,(H,25,28)(H,26,27). The van der Waals surface area contributed by atoms with E-state index in [2.05, 4.69) is 10.6 Å². The van der Waals surface area contributed by atoms with Gasteiger partial charge in [0.2, 0.25) is 0 Å². The van der Waals surface area contributed by atoms with Crippen LogP contribution in [0.1, 0.15) is 21.5 Å². The van der Waals surface area contributed by atoms with Gasteiger partial charge in [0.25, 0.3) is 11.8 Å². The first kappa shape index (κ1) is 20.1. The van der Waals surface area contributed by atoms with Crippen LogP contribution < -0.4 is 15.4 Å². The Bertz CT molecular complexity index is 953. The molecular weight excluding hydrogens is 364 g/mol. The summed E-state index contributed by atoms with van der Waals surface area (Å²) in [5.41, 5.74) is 3.49. The highest BCUT2D eigenvalue weighted by Crippen LogP contribution is 2.14. The van der Waals surface area contributed by atoms with E-state index in [4.69, 9.17) is 4.74 Å². The largest absolute Gasteiger partial charge is 0.484 e. The molecule has 0 unspecified atom stereocenters. The number of benzene rings is 3. The second kappa shape index (κ2) is 10.1. The van der Waals surface area contributed by atoms with Crippen LogP contribution in [0.25, 0.3) is 0 Å². The van der Waals surface area contributed by atoms with Crippen LogP contribution in [0.15, 0.2) is 78.9 Å². The zero-order valence-electron chi connectivity index (χ0n) is 16.4. The van der Waals surface area contributed by atoms with Crippen molar-refractivity contribution in [1.29, 1.82) is 0 Å². The van der Waals surface area contributed by atoms with E-state index in [1.165, 1.54) is 5.56 Å². The number of nitrogens with one attached hydrogen (secondary N) is 2. The van der Waals surface area contributed by atoms with Crippen molar-refractivity contribution in [2.24, 2.45) is 0 Å². The summed E-state index contributed by atoms with van der Waals surface area (Å²) in [6.07, 6.45) is 0.782. The number of amides is 2. The number of carbonyl (C=O) groups excluding carboxylic acids is 2. The van der Waals surface area contributed by atoms with E-state index in [0.717, 1.165) is 17.7 Å². The third-order valence-electron chi connectivity index (χ3n) is 4.45. The molecule has 0 heterocycles. The Balaban J connectivity index is 1.44. The van der Waals surface area contributed by atoms with Gasteiger partial charge in [-0.25, -0.2) is 0 Å². The van der Waals surface area contributed by atoms with Gasteiger partial charge in [0, 0.05) is 17.8 Å². The number of rotatable bonds is 8. The first-order chi connectivity index (χ1) is 14.1. The molecule has 0 bridgehead atoms. The van der Waals surface area contributed by atoms with E-state index in [-0.39, 0.29) is 18.4 Å². The number of para-hydroxylation sites is 1. The number of ether oxygens (including phenoxy) is 1. The molecule has 0 atom stereocenters. The van der Waals surface area contributed by atoms with Gasteiger partial charge in [-0.2, -0.15) is 0 Å². The van der Waals surface area contributed by atoms with E-state index in [1.807, 2.05) is 61.5 Å². The third-order valence-corrected chi connectivity index (χ3v) is 4.45. The molecule has 0 spiro atoms. The number of hydrogen-bond acceptors (Lipinski definition) is 3. The van der Waals surface area contributed by atoms with Crippen molar-refractivity contribution >= 4 is 17.5 Å². The second-order valence-corrected chi connectivity index (χ2v) is 6.67. The summed E-state index contributed by atoms with van der Waals surface area (Å²) in [5.74, 6) is 0.164. The minimum atomic E-state index is -0.234. The molecule has 0 radical (unpaired) electrons. The van der Waals surface area contributed by atoms with Gasteiger partial charge in [0.05, 0.1) is 0 Å². The van der Waals surface area contributed by atoms with E-state index in [1.54, 1.807) is 24.3 Å². The molecule has 0 aromatic heterocycles. The molecule has 3 aromatic carbocycles. The molecule has 0 aliphatic heterocycles. The van der Waals surface area contributed by atoms with Crippen LogP contribution in [-0.4, -0.2) is 25.0 Å². The Morgan fingerprint density at radius 2 is 1.55 bits per heavy atom. The molecular formula is C24H24N2O3. The Kier molecular flexibility index (Phi) is 7.00. The summed E-state index contributed by atoms with van der Waals surface area (Å²) in [4.78, 5) is 24.3. The molecule has 0 aliphatic rings. The van der Waals surface area contributed by atoms with Gasteiger partial charge in [-0.1, -0.05) is 48.5 Å². The van der Waals surface area contributed by atoms with Crippen LogP contribution in [0.5, 0.6) is 5.75 Å². The normalized spacial score (nSPS) is 10.2. The smallest absolute Gasteiger partial charge is 0.262 e. The zero-order valence-corrected chi connectivity index (χ0v) is 16.4. The highest BCUT2D eigenvalue weighted by molar-refractivity contribution is 5.94. The number of aryl methyl sites for hydroxylation is 1. The average Bonchev–Trinajstić information content (AvgIpc) is 2.75. The maximum Gasteiger partial charge on any atom is 0.262 e. The molecule has 2 N–H and O–H groups in total. The highest BCUT2D eigenvalue weighted by atomic mass is 16.5. The quantitative estimate of drug-likeness (QED) is 0.613. The zero-order chi connectivity index (χ0) is 20.5. The van der Waals surface area contributed by atoms with Crippen molar-refractivity contribution in [3.05, 3.63) is 95.6 Å². The van der Waals surface area contributed by atoms with Crippen LogP contribution in [0.3, 0.4) is 0 Å². The topological polar surface area (TPSA) is 67.4 Å². The molecule has 5 heteroatoms. The lowest BCUT2D eigenvalue weighted by molar-refractivity contribution is -0.118. The molecule has 3 aromatic rings. The van der Waals surface area contributed by atoms with E-state index < -0.39 is 0 Å². The first-order valence-electron chi connectivity index (χ1n) is 9.52. The summed E-state index contributed by atoms with van der Waals surface area (Å²) < 4.78 is 5.51. The van der Waals surface area contributed by atoms with Crippen molar-refractivity contribution in [2.45, 2.75) is 13.3 Å². The Morgan fingerprint density at radius 1 is 0.862 bits per heavy atom. The van der Waals surface area contributed by atoms with Crippen LogP contribution >= 0.6 is 0 Å². The summed E-state index contributed by atoms with van der Waals surface area (Å²) in [6, 6.07) is 24.3. The summed E-state index contributed by atoms with van der Waals surface area (Å²) >= 11 is 0. The van der Waals surface area contributed by atoms with Gasteiger partial charge in [0.1, 0.15) is 5.75 Å². The van der Waals surface area contributed by atoms with E-state index in [9.17, 15) is 9.59 Å². The van der Waals surface area contributed by atoms with Crippen LogP contribution in [0.2, 0.25) is 0 Å². The van der Waals surface area contributed by atoms with Gasteiger partial charge in [-0.05, 0) is 54.8 Å². The predicted octanol–water partition coefficient (Wildman–Crippen LogP) is 3.99. The molecule has 0 saturated heterocycles. The van der Waals surface area contributed by atoms with Gasteiger partial charge in [-0.15, -0.1) is 0 Å². The maximum atomic E-state index is 12.2. The molecule has 0 fully saturated rings. The Labute approximate surface area is 170 Å². The fourth-order valence-corrected chi connectivity index (χ4v) is 2.82. The predicted molar refractivity (Wildman–Crippen MR) is 114 cm³/mol.